The van der Waals surface area contributed by atoms with Gasteiger partial charge in [-0.1, -0.05) is 206 Å². The summed E-state index contributed by atoms with van der Waals surface area (Å²) in [7, 11) is 0. The van der Waals surface area contributed by atoms with Crippen LogP contribution >= 0.6 is 11.3 Å². The molecule has 1 nitrogen and oxygen atoms in total. The highest BCUT2D eigenvalue weighted by Crippen LogP contribution is 2.60. The minimum atomic E-state index is -0.529. The fraction of sp³-hybridized carbons (Fsp3) is 0.0323. The molecule has 0 saturated carbocycles. The number of fused-ring (bicyclic) bond motifs is 9. The van der Waals surface area contributed by atoms with Gasteiger partial charge in [-0.15, -0.1) is 11.3 Å². The molecule has 0 fully saturated rings. The summed E-state index contributed by atoms with van der Waals surface area (Å²) < 4.78 is 2.57. The standard InChI is InChI=1S/C62H41NS/c1-5-20-42(21-6-1)61(43-22-7-2-8-23-43)54-32-17-14-29-49(54)52-40-46(37-39-55(52)61)63(57-33-19-35-59-60(57)51-30-15-18-34-58(51)64-59)47-36-38-50-48-28-13-16-31-53(48)62(56(50)41-47,44-24-9-3-10-25-44)45-26-11-4-12-27-45/h1-41H. The molecule has 300 valence electrons. The van der Waals surface area contributed by atoms with Gasteiger partial charge in [0.05, 0.1) is 16.5 Å². The van der Waals surface area contributed by atoms with Crippen molar-refractivity contribution in [3.05, 3.63) is 293 Å². The van der Waals surface area contributed by atoms with E-state index in [1.807, 2.05) is 11.3 Å². The smallest absolute Gasteiger partial charge is 0.0714 e. The minimum Gasteiger partial charge on any atom is -0.310 e. The van der Waals surface area contributed by atoms with Crippen LogP contribution in [0.5, 0.6) is 0 Å². The maximum absolute atomic E-state index is 2.54. The highest BCUT2D eigenvalue weighted by Gasteiger charge is 2.48. The van der Waals surface area contributed by atoms with Gasteiger partial charge in [-0.3, -0.25) is 0 Å². The molecular formula is C62H41NS. The Morgan fingerprint density at radius 1 is 0.297 bits per heavy atom. The van der Waals surface area contributed by atoms with E-state index in [1.54, 1.807) is 0 Å². The number of hydrogen-bond acceptors (Lipinski definition) is 2. The number of hydrogen-bond donors (Lipinski definition) is 0. The molecule has 64 heavy (non-hydrogen) atoms. The summed E-state index contributed by atoms with van der Waals surface area (Å²) in [4.78, 5) is 2.54. The summed E-state index contributed by atoms with van der Waals surface area (Å²) in [6.45, 7) is 0. The van der Waals surface area contributed by atoms with Gasteiger partial charge in [-0.2, -0.15) is 0 Å². The first-order valence-corrected chi connectivity index (χ1v) is 23.0. The maximum atomic E-state index is 2.54. The third-order valence-electron chi connectivity index (χ3n) is 14.0. The molecule has 0 radical (unpaired) electrons. The summed E-state index contributed by atoms with van der Waals surface area (Å²) in [5.74, 6) is 0. The third kappa shape index (κ3) is 5.12. The lowest BCUT2D eigenvalue weighted by Gasteiger charge is -2.35. The molecule has 0 N–H and O–H groups in total. The zero-order valence-corrected chi connectivity index (χ0v) is 35.8. The van der Waals surface area contributed by atoms with Crippen LogP contribution in [-0.2, 0) is 10.8 Å². The predicted molar refractivity (Wildman–Crippen MR) is 269 cm³/mol. The van der Waals surface area contributed by atoms with Crippen LogP contribution in [0.25, 0.3) is 42.4 Å². The fourth-order valence-electron chi connectivity index (χ4n) is 11.5. The van der Waals surface area contributed by atoms with Crippen molar-refractivity contribution in [1.29, 1.82) is 0 Å². The number of nitrogens with zero attached hydrogens (tertiary/aromatic N) is 1. The monoisotopic (exact) mass is 831 g/mol. The Morgan fingerprint density at radius 2 is 0.734 bits per heavy atom. The van der Waals surface area contributed by atoms with Crippen LogP contribution in [0, 0.1) is 0 Å². The van der Waals surface area contributed by atoms with Crippen LogP contribution in [0.2, 0.25) is 0 Å². The number of benzene rings is 10. The Hall–Kier alpha value is -7.78. The van der Waals surface area contributed by atoms with Crippen molar-refractivity contribution >= 4 is 48.6 Å². The normalized spacial score (nSPS) is 13.9. The molecule has 2 aliphatic carbocycles. The van der Waals surface area contributed by atoms with Crippen LogP contribution < -0.4 is 4.90 Å². The summed E-state index contributed by atoms with van der Waals surface area (Å²) in [5.41, 5.74) is 17.7. The molecule has 11 aromatic rings. The topological polar surface area (TPSA) is 3.24 Å². The van der Waals surface area contributed by atoms with Gasteiger partial charge < -0.3 is 4.90 Å². The molecular weight excluding hydrogens is 791 g/mol. The zero-order chi connectivity index (χ0) is 42.2. The molecule has 0 saturated heterocycles. The van der Waals surface area contributed by atoms with Crippen molar-refractivity contribution in [2.45, 2.75) is 10.8 Å². The van der Waals surface area contributed by atoms with Gasteiger partial charge >= 0.3 is 0 Å². The lowest BCUT2D eigenvalue weighted by Crippen LogP contribution is -2.29. The molecule has 1 aromatic heterocycles. The van der Waals surface area contributed by atoms with Crippen molar-refractivity contribution in [3.8, 4) is 22.3 Å². The van der Waals surface area contributed by atoms with Crippen LogP contribution in [0.4, 0.5) is 17.1 Å². The SMILES string of the molecule is c1ccc(C2(c3ccccc3)c3ccccc3-c3cc(N(c4ccc5c(c4)C(c4ccccc4)(c4ccccc4)c4ccccc4-5)c4cccc5sc6ccccc6c45)ccc32)cc1. The lowest BCUT2D eigenvalue weighted by atomic mass is 9.67. The third-order valence-corrected chi connectivity index (χ3v) is 15.2. The second-order valence-corrected chi connectivity index (χ2v) is 18.2. The van der Waals surface area contributed by atoms with Gasteiger partial charge in [0.1, 0.15) is 0 Å². The van der Waals surface area contributed by atoms with Crippen molar-refractivity contribution in [1.82, 2.24) is 0 Å². The van der Waals surface area contributed by atoms with Gasteiger partial charge in [-0.25, -0.2) is 0 Å². The van der Waals surface area contributed by atoms with Gasteiger partial charge in [0, 0.05) is 31.5 Å². The van der Waals surface area contributed by atoms with E-state index >= 15 is 0 Å². The van der Waals surface area contributed by atoms with E-state index in [-0.39, 0.29) is 0 Å². The summed E-state index contributed by atoms with van der Waals surface area (Å²) >= 11 is 1.87. The second kappa shape index (κ2) is 14.4. The Kier molecular flexibility index (Phi) is 8.28. The fourth-order valence-corrected chi connectivity index (χ4v) is 12.6. The van der Waals surface area contributed by atoms with E-state index < -0.39 is 10.8 Å². The Labute approximate surface area is 377 Å². The average molecular weight is 832 g/mol. The van der Waals surface area contributed by atoms with Crippen molar-refractivity contribution in [2.75, 3.05) is 4.90 Å². The maximum Gasteiger partial charge on any atom is 0.0714 e. The van der Waals surface area contributed by atoms with E-state index in [0.717, 1.165) is 11.4 Å². The average Bonchev–Trinajstić information content (AvgIpc) is 4.00. The van der Waals surface area contributed by atoms with E-state index in [9.17, 15) is 0 Å². The molecule has 0 atom stereocenters. The molecule has 0 bridgehead atoms. The van der Waals surface area contributed by atoms with Gasteiger partial charge in [0.25, 0.3) is 0 Å². The van der Waals surface area contributed by atoms with Crippen molar-refractivity contribution < 1.29 is 0 Å². The number of thiophene rings is 1. The van der Waals surface area contributed by atoms with Crippen LogP contribution in [0.15, 0.2) is 249 Å². The predicted octanol–water partition coefficient (Wildman–Crippen LogP) is 16.3. The molecule has 10 aromatic carbocycles. The number of rotatable bonds is 7. The summed E-state index contributed by atoms with van der Waals surface area (Å²) in [5, 5.41) is 2.55. The van der Waals surface area contributed by atoms with Gasteiger partial charge in [-0.05, 0) is 109 Å². The van der Waals surface area contributed by atoms with E-state index in [2.05, 4.69) is 254 Å². The lowest BCUT2D eigenvalue weighted by molar-refractivity contribution is 0.768. The molecule has 0 aliphatic heterocycles. The van der Waals surface area contributed by atoms with Gasteiger partial charge in [0.15, 0.2) is 0 Å². The van der Waals surface area contributed by atoms with Crippen LogP contribution in [-0.4, -0.2) is 0 Å². The van der Waals surface area contributed by atoms with E-state index in [4.69, 9.17) is 0 Å². The first-order chi connectivity index (χ1) is 31.8. The quantitative estimate of drug-likeness (QED) is 0.155. The minimum absolute atomic E-state index is 0.480. The molecule has 2 heteroatoms. The van der Waals surface area contributed by atoms with Crippen molar-refractivity contribution in [3.63, 3.8) is 0 Å². The molecule has 0 amide bonds. The largest absolute Gasteiger partial charge is 0.310 e. The van der Waals surface area contributed by atoms with Crippen molar-refractivity contribution in [2.24, 2.45) is 0 Å². The van der Waals surface area contributed by atoms with Crippen LogP contribution in [0.3, 0.4) is 0 Å². The van der Waals surface area contributed by atoms with Gasteiger partial charge in [0.2, 0.25) is 0 Å². The molecule has 1 heterocycles. The van der Waals surface area contributed by atoms with E-state index in [0.29, 0.717) is 0 Å². The zero-order valence-electron chi connectivity index (χ0n) is 35.0. The van der Waals surface area contributed by atoms with E-state index in [1.165, 1.54) is 92.6 Å². The first kappa shape index (κ1) is 36.8. The number of anilines is 3. The second-order valence-electron chi connectivity index (χ2n) is 17.1. The molecule has 0 unspecified atom stereocenters. The molecule has 2 aliphatic rings. The Balaban J connectivity index is 1.11. The highest BCUT2D eigenvalue weighted by atomic mass is 32.1. The summed E-state index contributed by atoms with van der Waals surface area (Å²) in [6, 6.07) is 92.8. The molecule has 13 rings (SSSR count). The highest BCUT2D eigenvalue weighted by molar-refractivity contribution is 7.26. The van der Waals surface area contributed by atoms with Crippen LogP contribution in [0.1, 0.15) is 44.5 Å². The molecule has 0 spiro atoms. The Bertz CT molecular complexity index is 3470. The Morgan fingerprint density at radius 3 is 1.34 bits per heavy atom. The first-order valence-electron chi connectivity index (χ1n) is 22.2. The summed E-state index contributed by atoms with van der Waals surface area (Å²) in [6.07, 6.45) is 0.